The van der Waals surface area contributed by atoms with Gasteiger partial charge in [0.05, 0.1) is 17.8 Å². The van der Waals surface area contributed by atoms with Gasteiger partial charge in [-0.2, -0.15) is 0 Å². The number of oxime groups is 1. The number of anilines is 1. The molecule has 0 aliphatic heterocycles. The van der Waals surface area contributed by atoms with E-state index in [0.717, 1.165) is 0 Å². The normalized spacial score (nSPS) is 11.5. The van der Waals surface area contributed by atoms with Crippen LogP contribution >= 0.6 is 0 Å². The van der Waals surface area contributed by atoms with Crippen molar-refractivity contribution in [1.29, 1.82) is 0 Å². The highest BCUT2D eigenvalue weighted by Gasteiger charge is 2.10. The molecule has 0 fully saturated rings. The van der Waals surface area contributed by atoms with Crippen LogP contribution in [0.4, 0.5) is 10.5 Å². The van der Waals surface area contributed by atoms with E-state index >= 15 is 0 Å². The molecule has 0 atom stereocenters. The summed E-state index contributed by atoms with van der Waals surface area (Å²) in [6, 6.07) is 16.0. The van der Waals surface area contributed by atoms with Crippen LogP contribution in [-0.4, -0.2) is 16.4 Å². The molecule has 0 bridgehead atoms. The van der Waals surface area contributed by atoms with E-state index in [1.165, 1.54) is 4.57 Å². The summed E-state index contributed by atoms with van der Waals surface area (Å²) in [6.45, 7) is 1.82. The topological polar surface area (TPSA) is 85.8 Å². The Morgan fingerprint density at radius 3 is 2.67 bits per heavy atom. The van der Waals surface area contributed by atoms with E-state index in [1.807, 2.05) is 12.1 Å². The average Bonchev–Trinajstić information content (AvgIpc) is 2.90. The smallest absolute Gasteiger partial charge is 0.408 e. The summed E-state index contributed by atoms with van der Waals surface area (Å²) in [4.78, 5) is 28.3. The molecule has 3 rings (SSSR count). The summed E-state index contributed by atoms with van der Waals surface area (Å²) in [5, 5.41) is 6.29. The third-order valence-corrected chi connectivity index (χ3v) is 3.27. The summed E-state index contributed by atoms with van der Waals surface area (Å²) < 4.78 is 6.56. The summed E-state index contributed by atoms with van der Waals surface area (Å²) in [5.41, 5.74) is 2.21. The molecule has 1 amide bonds. The molecule has 0 aliphatic carbocycles. The zero-order valence-corrected chi connectivity index (χ0v) is 12.9. The maximum absolute atomic E-state index is 11.9. The van der Waals surface area contributed by atoms with Crippen molar-refractivity contribution in [3.8, 4) is 0 Å². The summed E-state index contributed by atoms with van der Waals surface area (Å²) >= 11 is 0. The molecule has 3 aromatic rings. The van der Waals surface area contributed by atoms with Gasteiger partial charge in [-0.3, -0.25) is 14.7 Å². The van der Waals surface area contributed by atoms with Crippen molar-refractivity contribution in [3.63, 3.8) is 0 Å². The van der Waals surface area contributed by atoms with E-state index < -0.39 is 11.8 Å². The molecule has 2 aromatic carbocycles. The predicted molar refractivity (Wildman–Crippen MR) is 90.1 cm³/mol. The van der Waals surface area contributed by atoms with Gasteiger partial charge < -0.3 is 4.42 Å². The van der Waals surface area contributed by atoms with Crippen LogP contribution in [0, 0.1) is 0 Å². The molecule has 0 spiro atoms. The van der Waals surface area contributed by atoms with E-state index in [1.54, 1.807) is 49.4 Å². The Labute approximate surface area is 137 Å². The van der Waals surface area contributed by atoms with Gasteiger partial charge in [0.1, 0.15) is 0 Å². The van der Waals surface area contributed by atoms with Crippen LogP contribution in [0.3, 0.4) is 0 Å². The molecule has 1 heterocycles. The van der Waals surface area contributed by atoms with Crippen molar-refractivity contribution in [2.45, 2.75) is 13.5 Å². The van der Waals surface area contributed by atoms with E-state index in [4.69, 9.17) is 9.25 Å². The number of amides is 1. The second-order valence-electron chi connectivity index (χ2n) is 5.12. The molecule has 1 aromatic heterocycles. The number of benzene rings is 2. The number of nitrogens with zero attached hydrogens (tertiary/aromatic N) is 2. The minimum Gasteiger partial charge on any atom is -0.408 e. The first-order valence-corrected chi connectivity index (χ1v) is 7.28. The Morgan fingerprint density at radius 2 is 1.88 bits per heavy atom. The van der Waals surface area contributed by atoms with Crippen molar-refractivity contribution in [2.75, 3.05) is 5.32 Å². The number of rotatable bonds is 4. The Balaban J connectivity index is 1.67. The van der Waals surface area contributed by atoms with Gasteiger partial charge in [-0.1, -0.05) is 35.5 Å². The highest BCUT2D eigenvalue weighted by molar-refractivity contribution is 5.87. The average molecular weight is 325 g/mol. The number of nitrogens with one attached hydrogen (secondary N) is 1. The predicted octanol–water partition coefficient (Wildman–Crippen LogP) is 3.22. The van der Waals surface area contributed by atoms with Gasteiger partial charge in [-0.25, -0.2) is 9.59 Å². The van der Waals surface area contributed by atoms with Crippen molar-refractivity contribution in [2.24, 2.45) is 5.16 Å². The van der Waals surface area contributed by atoms with Crippen LogP contribution in [-0.2, 0) is 11.4 Å². The van der Waals surface area contributed by atoms with Crippen LogP contribution in [0.2, 0.25) is 0 Å². The Morgan fingerprint density at radius 1 is 1.17 bits per heavy atom. The van der Waals surface area contributed by atoms with E-state index in [9.17, 15) is 9.59 Å². The first kappa shape index (κ1) is 15.5. The second-order valence-corrected chi connectivity index (χ2v) is 5.12. The van der Waals surface area contributed by atoms with Crippen LogP contribution in [0.1, 0.15) is 6.92 Å². The van der Waals surface area contributed by atoms with Gasteiger partial charge in [0.2, 0.25) is 0 Å². The largest absolute Gasteiger partial charge is 0.437 e. The van der Waals surface area contributed by atoms with Gasteiger partial charge in [-0.15, -0.1) is 0 Å². The molecular formula is C17H15N3O4. The van der Waals surface area contributed by atoms with Gasteiger partial charge in [0, 0.05) is 5.69 Å². The lowest BCUT2D eigenvalue weighted by Crippen LogP contribution is -2.19. The Bertz CT molecular complexity index is 941. The number of aromatic nitrogens is 1. The highest BCUT2D eigenvalue weighted by atomic mass is 16.7. The molecule has 7 nitrogen and oxygen atoms in total. The van der Waals surface area contributed by atoms with E-state index in [-0.39, 0.29) is 6.54 Å². The fourth-order valence-electron chi connectivity index (χ4n) is 2.20. The van der Waals surface area contributed by atoms with Crippen LogP contribution < -0.4 is 11.1 Å². The van der Waals surface area contributed by atoms with Crippen molar-refractivity contribution < 1.29 is 14.0 Å². The third-order valence-electron chi connectivity index (χ3n) is 3.27. The molecule has 122 valence electrons. The minimum atomic E-state index is -0.704. The van der Waals surface area contributed by atoms with Gasteiger partial charge >= 0.3 is 11.8 Å². The van der Waals surface area contributed by atoms with Crippen molar-refractivity contribution in [3.05, 3.63) is 65.1 Å². The highest BCUT2D eigenvalue weighted by Crippen LogP contribution is 2.11. The summed E-state index contributed by atoms with van der Waals surface area (Å²) in [7, 11) is 0. The van der Waals surface area contributed by atoms with Crippen molar-refractivity contribution in [1.82, 2.24) is 4.57 Å². The van der Waals surface area contributed by atoms with Crippen molar-refractivity contribution >= 4 is 28.6 Å². The molecule has 0 unspecified atom stereocenters. The lowest BCUT2D eigenvalue weighted by molar-refractivity contribution is 0.166. The molecular weight excluding hydrogens is 310 g/mol. The SMILES string of the molecule is C/C(Cn1c(=O)oc2ccccc21)=N\OC(=O)Nc1ccccc1. The first-order valence-electron chi connectivity index (χ1n) is 7.28. The maximum Gasteiger partial charge on any atom is 0.437 e. The zero-order valence-electron chi connectivity index (χ0n) is 12.9. The van der Waals surface area contributed by atoms with Crippen LogP contribution in [0.5, 0.6) is 0 Å². The second kappa shape index (κ2) is 6.82. The monoisotopic (exact) mass is 325 g/mol. The number of oxazole rings is 1. The zero-order chi connectivity index (χ0) is 16.9. The van der Waals surface area contributed by atoms with E-state index in [2.05, 4.69) is 10.5 Å². The molecule has 1 N–H and O–H groups in total. The molecule has 0 aliphatic rings. The van der Waals surface area contributed by atoms with Gasteiger partial charge in [-0.05, 0) is 31.2 Å². The minimum absolute atomic E-state index is 0.161. The number of carbonyl (C=O) groups excluding carboxylic acids is 1. The fraction of sp³-hybridized carbons (Fsp3) is 0.118. The summed E-state index contributed by atoms with van der Waals surface area (Å²) in [5.74, 6) is -0.487. The van der Waals surface area contributed by atoms with Crippen LogP contribution in [0.15, 0.2) is 69.0 Å². The molecule has 0 radical (unpaired) electrons. The summed E-state index contributed by atoms with van der Waals surface area (Å²) in [6.07, 6.45) is -0.704. The lowest BCUT2D eigenvalue weighted by atomic mass is 10.3. The van der Waals surface area contributed by atoms with Gasteiger partial charge in [0.15, 0.2) is 5.58 Å². The number of carbonyl (C=O) groups is 1. The quantitative estimate of drug-likeness (QED) is 0.453. The van der Waals surface area contributed by atoms with E-state index in [0.29, 0.717) is 22.5 Å². The third kappa shape index (κ3) is 3.52. The number of fused-ring (bicyclic) bond motifs is 1. The Hall–Kier alpha value is -3.35. The Kier molecular flexibility index (Phi) is 4.42. The fourth-order valence-corrected chi connectivity index (χ4v) is 2.20. The molecule has 24 heavy (non-hydrogen) atoms. The molecule has 0 saturated carbocycles. The standard InChI is InChI=1S/C17H15N3O4/c1-12(19-24-16(21)18-13-7-3-2-4-8-13)11-20-14-9-5-6-10-15(14)23-17(20)22/h2-10H,11H2,1H3,(H,18,21)/b19-12+. The maximum atomic E-state index is 11.9. The lowest BCUT2D eigenvalue weighted by Gasteiger charge is -2.04. The first-order chi connectivity index (χ1) is 11.6. The number of hydrogen-bond acceptors (Lipinski definition) is 5. The van der Waals surface area contributed by atoms with Gasteiger partial charge in [0.25, 0.3) is 0 Å². The number of para-hydroxylation sites is 3. The number of hydrogen-bond donors (Lipinski definition) is 1. The molecule has 7 heteroatoms. The molecule has 0 saturated heterocycles. The van der Waals surface area contributed by atoms with Crippen LogP contribution in [0.25, 0.3) is 11.1 Å².